The third-order valence-corrected chi connectivity index (χ3v) is 8.27. The minimum absolute atomic E-state index is 0.586. The summed E-state index contributed by atoms with van der Waals surface area (Å²) in [7, 11) is 0. The summed E-state index contributed by atoms with van der Waals surface area (Å²) >= 11 is 0. The van der Waals surface area contributed by atoms with Gasteiger partial charge in [0.15, 0.2) is 17.5 Å². The average Bonchev–Trinajstić information content (AvgIpc) is 3.72. The predicted molar refractivity (Wildman–Crippen MR) is 181 cm³/mol. The smallest absolute Gasteiger partial charge is 0.164 e. The summed E-state index contributed by atoms with van der Waals surface area (Å²) < 4.78 is 8.84. The minimum atomic E-state index is 0.586. The van der Waals surface area contributed by atoms with Gasteiger partial charge in [-0.05, 0) is 72.8 Å². The molecule has 0 saturated carbocycles. The molecule has 0 aliphatic carbocycles. The highest BCUT2D eigenvalue weighted by Crippen LogP contribution is 2.40. The summed E-state index contributed by atoms with van der Waals surface area (Å²) in [5.41, 5.74) is 7.79. The van der Waals surface area contributed by atoms with Gasteiger partial charge in [0.05, 0.1) is 16.4 Å². The molecular weight excluding hydrogens is 568 g/mol. The molecule has 0 bridgehead atoms. The van der Waals surface area contributed by atoms with Crippen molar-refractivity contribution in [3.8, 4) is 51.2 Å². The maximum Gasteiger partial charge on any atom is 0.164 e. The number of fused-ring (bicyclic) bond motifs is 5. The molecule has 0 aliphatic rings. The number of benzene rings is 4. The molecule has 0 unspecified atom stereocenters. The molecule has 0 radical (unpaired) electrons. The minimum Gasteiger partial charge on any atom is -0.455 e. The Balaban J connectivity index is 1.18. The maximum atomic E-state index is 6.55. The van der Waals surface area contributed by atoms with Gasteiger partial charge >= 0.3 is 0 Å². The average molecular weight is 593 g/mol. The summed E-state index contributed by atoms with van der Waals surface area (Å²) in [6.45, 7) is 0. The molecule has 9 rings (SSSR count). The van der Waals surface area contributed by atoms with E-state index in [1.54, 1.807) is 24.8 Å². The molecule has 7 heteroatoms. The Kier molecular flexibility index (Phi) is 5.99. The van der Waals surface area contributed by atoms with Crippen LogP contribution in [0.5, 0.6) is 0 Å². The molecule has 216 valence electrons. The topological polar surface area (TPSA) is 82.5 Å². The lowest BCUT2D eigenvalue weighted by Gasteiger charge is -2.10. The third kappa shape index (κ3) is 4.33. The molecule has 9 aromatic rings. The van der Waals surface area contributed by atoms with E-state index in [0.717, 1.165) is 66.5 Å². The zero-order valence-corrected chi connectivity index (χ0v) is 24.4. The van der Waals surface area contributed by atoms with E-state index in [2.05, 4.69) is 93.4 Å². The van der Waals surface area contributed by atoms with E-state index >= 15 is 0 Å². The number of hydrogen-bond donors (Lipinski definition) is 0. The standard InChI is InChI=1S/C39H24N6O/c1-2-6-25(7-3-1)34-24-29-12-15-33-35(36(29)46-34)31-8-4-5-9-32(31)45(33)30-13-10-26(11-14-30)37-42-38(27-16-20-40-21-17-27)44-39(43-37)28-18-22-41-23-19-28/h1-24H. The van der Waals surface area contributed by atoms with Crippen molar-refractivity contribution in [1.29, 1.82) is 0 Å². The van der Waals surface area contributed by atoms with Crippen molar-refractivity contribution in [2.75, 3.05) is 0 Å². The Morgan fingerprint density at radius 3 is 1.72 bits per heavy atom. The Hall–Kier alpha value is -6.47. The van der Waals surface area contributed by atoms with Crippen molar-refractivity contribution in [3.05, 3.63) is 146 Å². The Morgan fingerprint density at radius 2 is 1.07 bits per heavy atom. The largest absolute Gasteiger partial charge is 0.455 e. The normalized spacial score (nSPS) is 11.5. The summed E-state index contributed by atoms with van der Waals surface area (Å²) in [5, 5.41) is 3.32. The van der Waals surface area contributed by atoms with Crippen molar-refractivity contribution < 1.29 is 4.42 Å². The van der Waals surface area contributed by atoms with Gasteiger partial charge in [-0.15, -0.1) is 0 Å². The van der Waals surface area contributed by atoms with Gasteiger partial charge in [0.2, 0.25) is 0 Å². The number of furan rings is 1. The molecule has 0 fully saturated rings. The Morgan fingerprint density at radius 1 is 0.478 bits per heavy atom. The number of pyridine rings is 2. The highest BCUT2D eigenvalue weighted by Gasteiger charge is 2.18. The summed E-state index contributed by atoms with van der Waals surface area (Å²) in [5.74, 6) is 2.62. The van der Waals surface area contributed by atoms with Gasteiger partial charge in [0.1, 0.15) is 11.3 Å². The van der Waals surface area contributed by atoms with Gasteiger partial charge in [-0.3, -0.25) is 9.97 Å². The molecule has 0 atom stereocenters. The maximum absolute atomic E-state index is 6.55. The molecular formula is C39H24N6O. The van der Waals surface area contributed by atoms with Crippen LogP contribution in [0.25, 0.3) is 83.9 Å². The van der Waals surface area contributed by atoms with Gasteiger partial charge in [0, 0.05) is 63.5 Å². The molecule has 5 heterocycles. The van der Waals surface area contributed by atoms with Crippen molar-refractivity contribution >= 4 is 32.8 Å². The monoisotopic (exact) mass is 592 g/mol. The summed E-state index contributed by atoms with van der Waals surface area (Å²) in [4.78, 5) is 22.8. The van der Waals surface area contributed by atoms with Gasteiger partial charge in [-0.25, -0.2) is 15.0 Å². The number of para-hydroxylation sites is 1. The molecule has 0 saturated heterocycles. The molecule has 0 aliphatic heterocycles. The van der Waals surface area contributed by atoms with Crippen LogP contribution in [0.2, 0.25) is 0 Å². The summed E-state index contributed by atoms with van der Waals surface area (Å²) in [6, 6.07) is 41.1. The number of aromatic nitrogens is 6. The fourth-order valence-corrected chi connectivity index (χ4v) is 6.10. The number of rotatable bonds is 5. The molecule has 4 aromatic carbocycles. The van der Waals surface area contributed by atoms with E-state index in [1.165, 1.54) is 0 Å². The second-order valence-corrected chi connectivity index (χ2v) is 11.0. The van der Waals surface area contributed by atoms with E-state index in [4.69, 9.17) is 19.4 Å². The van der Waals surface area contributed by atoms with Crippen LogP contribution in [0.3, 0.4) is 0 Å². The zero-order valence-electron chi connectivity index (χ0n) is 24.4. The van der Waals surface area contributed by atoms with Crippen LogP contribution in [0.4, 0.5) is 0 Å². The lowest BCUT2D eigenvalue weighted by atomic mass is 10.1. The van der Waals surface area contributed by atoms with Crippen LogP contribution < -0.4 is 0 Å². The van der Waals surface area contributed by atoms with Crippen molar-refractivity contribution in [2.45, 2.75) is 0 Å². The molecule has 46 heavy (non-hydrogen) atoms. The quantitative estimate of drug-likeness (QED) is 0.198. The first-order valence-corrected chi connectivity index (χ1v) is 15.0. The van der Waals surface area contributed by atoms with Crippen molar-refractivity contribution in [1.82, 2.24) is 29.5 Å². The summed E-state index contributed by atoms with van der Waals surface area (Å²) in [6.07, 6.45) is 6.96. The Bertz CT molecular complexity index is 2450. The Labute approximate surface area is 263 Å². The first-order valence-electron chi connectivity index (χ1n) is 15.0. The molecule has 0 spiro atoms. The number of hydrogen-bond acceptors (Lipinski definition) is 6. The third-order valence-electron chi connectivity index (χ3n) is 8.27. The highest BCUT2D eigenvalue weighted by molar-refractivity contribution is 6.20. The van der Waals surface area contributed by atoms with Crippen LogP contribution in [0, 0.1) is 0 Å². The van der Waals surface area contributed by atoms with Gasteiger partial charge in [0.25, 0.3) is 0 Å². The van der Waals surface area contributed by atoms with Gasteiger partial charge < -0.3 is 8.98 Å². The SMILES string of the molecule is c1ccc(-c2cc3ccc4c(c5ccccc5n4-c4ccc(-c5nc(-c6ccncc6)nc(-c6ccncc6)n5)cc4)c3o2)cc1. The first kappa shape index (κ1) is 26.0. The molecule has 0 amide bonds. The second-order valence-electron chi connectivity index (χ2n) is 11.0. The van der Waals surface area contributed by atoms with Crippen molar-refractivity contribution in [2.24, 2.45) is 0 Å². The van der Waals surface area contributed by atoms with Crippen LogP contribution in [0.15, 0.2) is 151 Å². The van der Waals surface area contributed by atoms with E-state index in [-0.39, 0.29) is 0 Å². The number of nitrogens with zero attached hydrogens (tertiary/aromatic N) is 6. The lowest BCUT2D eigenvalue weighted by Crippen LogP contribution is -2.00. The lowest BCUT2D eigenvalue weighted by molar-refractivity contribution is 0.635. The second kappa shape index (κ2) is 10.6. The van der Waals surface area contributed by atoms with E-state index in [1.807, 2.05) is 42.5 Å². The van der Waals surface area contributed by atoms with E-state index in [0.29, 0.717) is 17.5 Å². The van der Waals surface area contributed by atoms with Crippen LogP contribution in [-0.2, 0) is 0 Å². The van der Waals surface area contributed by atoms with E-state index in [9.17, 15) is 0 Å². The van der Waals surface area contributed by atoms with E-state index < -0.39 is 0 Å². The van der Waals surface area contributed by atoms with Crippen LogP contribution in [-0.4, -0.2) is 29.5 Å². The fraction of sp³-hybridized carbons (Fsp3) is 0. The van der Waals surface area contributed by atoms with Crippen molar-refractivity contribution in [3.63, 3.8) is 0 Å². The van der Waals surface area contributed by atoms with Crippen LogP contribution >= 0.6 is 0 Å². The highest BCUT2D eigenvalue weighted by atomic mass is 16.3. The first-order chi connectivity index (χ1) is 22.8. The van der Waals surface area contributed by atoms with Crippen LogP contribution in [0.1, 0.15) is 0 Å². The molecule has 7 nitrogen and oxygen atoms in total. The molecule has 0 N–H and O–H groups in total. The van der Waals surface area contributed by atoms with Gasteiger partial charge in [-0.2, -0.15) is 0 Å². The molecule has 5 aromatic heterocycles. The zero-order chi connectivity index (χ0) is 30.5. The van der Waals surface area contributed by atoms with Gasteiger partial charge in [-0.1, -0.05) is 48.5 Å². The predicted octanol–water partition coefficient (Wildman–Crippen LogP) is 9.17. The fourth-order valence-electron chi connectivity index (χ4n) is 6.10.